The van der Waals surface area contributed by atoms with Crippen LogP contribution in [0.4, 0.5) is 23.0 Å². The molecule has 0 aromatic carbocycles. The van der Waals surface area contributed by atoms with E-state index in [1.165, 1.54) is 11.3 Å². The molecule has 4 rings (SSSR count). The zero-order chi connectivity index (χ0) is 24.8. The lowest BCUT2D eigenvalue weighted by Crippen LogP contribution is -2.31. The van der Waals surface area contributed by atoms with E-state index in [0.717, 1.165) is 41.0 Å². The van der Waals surface area contributed by atoms with E-state index in [0.29, 0.717) is 40.5 Å². The molecule has 3 heterocycles. The van der Waals surface area contributed by atoms with Gasteiger partial charge in [-0.15, -0.1) is 22.7 Å². The second kappa shape index (κ2) is 9.16. The molecule has 0 saturated carbocycles. The van der Waals surface area contributed by atoms with E-state index in [2.05, 4.69) is 10.6 Å². The fourth-order valence-electron chi connectivity index (χ4n) is 4.37. The fourth-order valence-corrected chi connectivity index (χ4v) is 6.95. The molecule has 2 amide bonds. The second-order valence-corrected chi connectivity index (χ2v) is 11.9. The smallest absolute Gasteiger partial charge is 0.425 e. The van der Waals surface area contributed by atoms with Gasteiger partial charge in [0.05, 0.1) is 5.56 Å². The van der Waals surface area contributed by atoms with E-state index in [1.54, 1.807) is 20.8 Å². The highest BCUT2D eigenvalue weighted by Crippen LogP contribution is 2.43. The number of aryl methyl sites for hydroxylation is 1. The van der Waals surface area contributed by atoms with Gasteiger partial charge >= 0.3 is 18.2 Å². The summed E-state index contributed by atoms with van der Waals surface area (Å²) in [5.41, 5.74) is 1.38. The van der Waals surface area contributed by atoms with Crippen LogP contribution in [0.25, 0.3) is 0 Å². The molecule has 34 heavy (non-hydrogen) atoms. The highest BCUT2D eigenvalue weighted by molar-refractivity contribution is 7.17. The Kier molecular flexibility index (Phi) is 6.73. The number of amides is 2. The molecule has 0 bridgehead atoms. The molecule has 6 nitrogen and oxygen atoms in total. The van der Waals surface area contributed by atoms with Gasteiger partial charge in [0.25, 0.3) is 0 Å². The average molecular weight is 516 g/mol. The summed E-state index contributed by atoms with van der Waals surface area (Å²) in [6.45, 7) is 6.22. The molecule has 2 N–H and O–H groups in total. The number of halogens is 3. The van der Waals surface area contributed by atoms with Crippen molar-refractivity contribution in [1.29, 1.82) is 0 Å². The third-order valence-electron chi connectivity index (χ3n) is 5.79. The van der Waals surface area contributed by atoms with Crippen LogP contribution in [-0.4, -0.2) is 36.1 Å². The summed E-state index contributed by atoms with van der Waals surface area (Å²) in [5.74, 6) is -0.502. The van der Waals surface area contributed by atoms with Crippen molar-refractivity contribution < 1.29 is 27.5 Å². The number of likely N-dealkylation sites (N-methyl/N-ethyl adjacent to an activating group) is 1. The lowest BCUT2D eigenvalue weighted by atomic mass is 10.0. The van der Waals surface area contributed by atoms with Gasteiger partial charge < -0.3 is 15.0 Å². The third-order valence-corrected chi connectivity index (χ3v) is 8.30. The zero-order valence-electron chi connectivity index (χ0n) is 19.6. The first-order valence-electron chi connectivity index (χ1n) is 11.2. The number of ether oxygens (including phenoxy) is 1. The van der Waals surface area contributed by atoms with Crippen LogP contribution in [0.15, 0.2) is 0 Å². The number of hydrogen-bond acceptors (Lipinski definition) is 6. The normalized spacial score (nSPS) is 16.2. The Bertz CT molecular complexity index is 1120. The quantitative estimate of drug-likeness (QED) is 0.522. The molecule has 11 heteroatoms. The molecule has 0 radical (unpaired) electrons. The number of esters is 1. The Labute approximate surface area is 204 Å². The summed E-state index contributed by atoms with van der Waals surface area (Å²) in [7, 11) is 1.88. The van der Waals surface area contributed by atoms with Crippen molar-refractivity contribution in [3.8, 4) is 0 Å². The van der Waals surface area contributed by atoms with E-state index >= 15 is 0 Å². The molecular weight excluding hydrogens is 487 g/mol. The van der Waals surface area contributed by atoms with Crippen LogP contribution in [0.2, 0.25) is 0 Å². The van der Waals surface area contributed by atoms with Crippen molar-refractivity contribution in [2.45, 2.75) is 71.3 Å². The van der Waals surface area contributed by atoms with Crippen LogP contribution >= 0.6 is 22.7 Å². The first-order chi connectivity index (χ1) is 15.8. The van der Waals surface area contributed by atoms with E-state index in [9.17, 15) is 22.8 Å². The number of fused-ring (bicyclic) bond motifs is 2. The highest BCUT2D eigenvalue weighted by atomic mass is 32.1. The second-order valence-electron chi connectivity index (χ2n) is 9.67. The Morgan fingerprint density at radius 1 is 1.06 bits per heavy atom. The topological polar surface area (TPSA) is 70.7 Å². The standard InChI is InChI=1S/C23H28F3N3O3S2/c1-22(2,3)32-20(30)17-13-6-5-7-15(13)34-19(17)28-21(31)27-10-14-12-8-9-29(4)11-16(12)33-18(14)23(24,25)26/h5-11H2,1-4H3,(H2,27,28,31). The van der Waals surface area contributed by atoms with Crippen LogP contribution in [0.3, 0.4) is 0 Å². The van der Waals surface area contributed by atoms with Crippen LogP contribution in [0.5, 0.6) is 0 Å². The number of hydrogen-bond donors (Lipinski definition) is 2. The highest BCUT2D eigenvalue weighted by Gasteiger charge is 2.39. The summed E-state index contributed by atoms with van der Waals surface area (Å²) in [6.07, 6.45) is -1.48. The van der Waals surface area contributed by atoms with E-state index in [-0.39, 0.29) is 12.1 Å². The number of anilines is 1. The first-order valence-corrected chi connectivity index (χ1v) is 12.8. The van der Waals surface area contributed by atoms with E-state index < -0.39 is 28.7 Å². The number of carbonyl (C=O) groups excluding carboxylic acids is 2. The summed E-state index contributed by atoms with van der Waals surface area (Å²) < 4.78 is 46.6. The molecule has 1 aliphatic heterocycles. The Balaban J connectivity index is 1.52. The number of rotatable bonds is 4. The zero-order valence-corrected chi connectivity index (χ0v) is 21.2. The third kappa shape index (κ3) is 5.26. The first kappa shape index (κ1) is 25.0. The molecule has 0 fully saturated rings. The monoisotopic (exact) mass is 515 g/mol. The molecular formula is C23H28F3N3O3S2. The van der Waals surface area contributed by atoms with Gasteiger partial charge in [-0.05, 0) is 70.2 Å². The van der Waals surface area contributed by atoms with Crippen molar-refractivity contribution in [2.24, 2.45) is 0 Å². The predicted octanol–water partition coefficient (Wildman–Crippen LogP) is 5.58. The van der Waals surface area contributed by atoms with Gasteiger partial charge in [-0.25, -0.2) is 9.59 Å². The molecule has 1 aliphatic carbocycles. The Morgan fingerprint density at radius 2 is 1.79 bits per heavy atom. The number of urea groups is 1. The van der Waals surface area contributed by atoms with Gasteiger partial charge in [0.15, 0.2) is 0 Å². The number of carbonyl (C=O) groups is 2. The van der Waals surface area contributed by atoms with Crippen molar-refractivity contribution in [1.82, 2.24) is 10.2 Å². The number of alkyl halides is 3. The average Bonchev–Trinajstić information content (AvgIpc) is 3.36. The number of thiophene rings is 2. The van der Waals surface area contributed by atoms with E-state index in [1.807, 2.05) is 11.9 Å². The summed E-state index contributed by atoms with van der Waals surface area (Å²) in [6, 6.07) is -0.647. The molecule has 0 unspecified atom stereocenters. The largest absolute Gasteiger partial charge is 0.456 e. The van der Waals surface area contributed by atoms with E-state index in [4.69, 9.17) is 4.74 Å². The van der Waals surface area contributed by atoms with Gasteiger partial charge in [0.2, 0.25) is 0 Å². The number of nitrogens with one attached hydrogen (secondary N) is 2. The lowest BCUT2D eigenvalue weighted by Gasteiger charge is -2.23. The van der Waals surface area contributed by atoms with Crippen LogP contribution in [0.1, 0.15) is 68.9 Å². The minimum atomic E-state index is -4.48. The lowest BCUT2D eigenvalue weighted by molar-refractivity contribution is -0.135. The van der Waals surface area contributed by atoms with Crippen LogP contribution < -0.4 is 10.6 Å². The van der Waals surface area contributed by atoms with Gasteiger partial charge in [0.1, 0.15) is 15.5 Å². The van der Waals surface area contributed by atoms with Gasteiger partial charge in [-0.2, -0.15) is 13.2 Å². The van der Waals surface area contributed by atoms with Gasteiger partial charge in [-0.1, -0.05) is 0 Å². The predicted molar refractivity (Wildman–Crippen MR) is 127 cm³/mol. The fraction of sp³-hybridized carbons (Fsp3) is 0.565. The van der Waals surface area contributed by atoms with Crippen LogP contribution in [0, 0.1) is 0 Å². The molecule has 186 valence electrons. The van der Waals surface area contributed by atoms with Gasteiger partial charge in [0, 0.05) is 29.4 Å². The maximum atomic E-state index is 13.7. The van der Waals surface area contributed by atoms with Gasteiger partial charge in [-0.3, -0.25) is 5.32 Å². The minimum absolute atomic E-state index is 0.136. The molecule has 0 spiro atoms. The molecule has 0 atom stereocenters. The minimum Gasteiger partial charge on any atom is -0.456 e. The van der Waals surface area contributed by atoms with Crippen molar-refractivity contribution in [3.05, 3.63) is 36.9 Å². The summed E-state index contributed by atoms with van der Waals surface area (Å²) in [5, 5.41) is 5.66. The molecule has 0 saturated heterocycles. The van der Waals surface area contributed by atoms with Crippen LogP contribution in [-0.2, 0) is 43.3 Å². The molecule has 2 aromatic rings. The SMILES string of the molecule is CN1CCc2c(sc(C(F)(F)F)c2CNC(=O)Nc2sc3c(c2C(=O)OC(C)(C)C)CCC3)C1. The maximum absolute atomic E-state index is 13.7. The van der Waals surface area contributed by atoms with Crippen molar-refractivity contribution in [2.75, 3.05) is 18.9 Å². The maximum Gasteiger partial charge on any atom is 0.425 e. The van der Waals surface area contributed by atoms with Crippen molar-refractivity contribution in [3.63, 3.8) is 0 Å². The molecule has 2 aromatic heterocycles. The molecule has 2 aliphatic rings. The summed E-state index contributed by atoms with van der Waals surface area (Å²) >= 11 is 2.09. The Morgan fingerprint density at radius 3 is 2.47 bits per heavy atom. The van der Waals surface area contributed by atoms with Crippen molar-refractivity contribution >= 4 is 39.7 Å². The number of nitrogens with zero attached hydrogens (tertiary/aromatic N) is 1. The summed E-state index contributed by atoms with van der Waals surface area (Å²) in [4.78, 5) is 28.6. The Hall–Kier alpha value is -2.11.